The zero-order valence-electron chi connectivity index (χ0n) is 11.2. The first kappa shape index (κ1) is 12.6. The Morgan fingerprint density at radius 1 is 1.28 bits per heavy atom. The highest BCUT2D eigenvalue weighted by molar-refractivity contribution is 5.91. The Hall–Kier alpha value is -1.84. The summed E-state index contributed by atoms with van der Waals surface area (Å²) in [4.78, 5) is 11.0. The molecule has 2 rings (SSSR count). The van der Waals surface area contributed by atoms with Gasteiger partial charge in [0, 0.05) is 24.2 Å². The van der Waals surface area contributed by atoms with Crippen LogP contribution in [0.3, 0.4) is 0 Å². The van der Waals surface area contributed by atoms with Crippen LogP contribution in [-0.4, -0.2) is 23.1 Å². The van der Waals surface area contributed by atoms with Gasteiger partial charge in [-0.3, -0.25) is 0 Å². The van der Waals surface area contributed by atoms with Gasteiger partial charge in [0.15, 0.2) is 0 Å². The third kappa shape index (κ3) is 2.53. The van der Waals surface area contributed by atoms with Crippen LogP contribution in [0.5, 0.6) is 0 Å². The monoisotopic (exact) mass is 244 g/mol. The number of nitrogen functional groups attached to an aromatic ring is 1. The molecule has 18 heavy (non-hydrogen) atoms. The predicted molar refractivity (Wildman–Crippen MR) is 76.7 cm³/mol. The molecular formula is C14H20N4. The Balaban J connectivity index is 2.51. The molecule has 0 aliphatic carbocycles. The quantitative estimate of drug-likeness (QED) is 0.840. The van der Waals surface area contributed by atoms with E-state index in [1.807, 2.05) is 18.2 Å². The van der Waals surface area contributed by atoms with E-state index in [4.69, 9.17) is 5.73 Å². The van der Waals surface area contributed by atoms with E-state index < -0.39 is 0 Å². The van der Waals surface area contributed by atoms with Crippen LogP contribution in [0.1, 0.15) is 20.8 Å². The van der Waals surface area contributed by atoms with E-state index in [-0.39, 0.29) is 0 Å². The number of fused-ring (bicyclic) bond motifs is 1. The maximum absolute atomic E-state index is 5.86. The van der Waals surface area contributed by atoms with E-state index in [0.717, 1.165) is 35.5 Å². The Bertz CT molecular complexity index is 536. The van der Waals surface area contributed by atoms with E-state index in [1.54, 1.807) is 6.33 Å². The van der Waals surface area contributed by atoms with Crippen molar-refractivity contribution >= 4 is 22.4 Å². The zero-order valence-corrected chi connectivity index (χ0v) is 11.2. The van der Waals surface area contributed by atoms with Crippen molar-refractivity contribution in [1.82, 2.24) is 9.97 Å². The van der Waals surface area contributed by atoms with Crippen molar-refractivity contribution in [3.63, 3.8) is 0 Å². The highest BCUT2D eigenvalue weighted by atomic mass is 15.2. The van der Waals surface area contributed by atoms with Gasteiger partial charge < -0.3 is 10.6 Å². The van der Waals surface area contributed by atoms with Gasteiger partial charge >= 0.3 is 0 Å². The van der Waals surface area contributed by atoms with Gasteiger partial charge in [-0.25, -0.2) is 9.97 Å². The minimum atomic E-state index is 0.594. The van der Waals surface area contributed by atoms with Crippen LogP contribution in [-0.2, 0) is 0 Å². The smallest absolute Gasteiger partial charge is 0.139 e. The van der Waals surface area contributed by atoms with E-state index >= 15 is 0 Å². The van der Waals surface area contributed by atoms with Gasteiger partial charge in [0.2, 0.25) is 0 Å². The Morgan fingerprint density at radius 2 is 2.06 bits per heavy atom. The SMILES string of the molecule is CCN(CC(C)C)c1ncnc2ccc(N)cc12. The third-order valence-corrected chi connectivity index (χ3v) is 2.91. The number of benzene rings is 1. The van der Waals surface area contributed by atoms with Gasteiger partial charge in [-0.2, -0.15) is 0 Å². The van der Waals surface area contributed by atoms with Gasteiger partial charge in [0.1, 0.15) is 12.1 Å². The summed E-state index contributed by atoms with van der Waals surface area (Å²) < 4.78 is 0. The summed E-state index contributed by atoms with van der Waals surface area (Å²) in [6.45, 7) is 8.47. The fourth-order valence-electron chi connectivity index (χ4n) is 2.12. The van der Waals surface area contributed by atoms with E-state index in [1.165, 1.54) is 0 Å². The Morgan fingerprint density at radius 3 is 2.72 bits per heavy atom. The van der Waals surface area contributed by atoms with Gasteiger partial charge in [0.25, 0.3) is 0 Å². The highest BCUT2D eigenvalue weighted by Gasteiger charge is 2.12. The number of hydrogen-bond acceptors (Lipinski definition) is 4. The summed E-state index contributed by atoms with van der Waals surface area (Å²) in [7, 11) is 0. The molecule has 0 aliphatic rings. The lowest BCUT2D eigenvalue weighted by atomic mass is 10.1. The van der Waals surface area contributed by atoms with Crippen molar-refractivity contribution < 1.29 is 0 Å². The van der Waals surface area contributed by atoms with Crippen molar-refractivity contribution in [1.29, 1.82) is 0 Å². The number of nitrogens with two attached hydrogens (primary N) is 1. The molecular weight excluding hydrogens is 224 g/mol. The molecule has 1 heterocycles. The lowest BCUT2D eigenvalue weighted by Gasteiger charge is -2.25. The molecule has 4 nitrogen and oxygen atoms in total. The van der Waals surface area contributed by atoms with Crippen LogP contribution in [0.25, 0.3) is 10.9 Å². The Kier molecular flexibility index (Phi) is 3.65. The van der Waals surface area contributed by atoms with E-state index in [9.17, 15) is 0 Å². The summed E-state index contributed by atoms with van der Waals surface area (Å²) in [6.07, 6.45) is 1.62. The van der Waals surface area contributed by atoms with Crippen LogP contribution >= 0.6 is 0 Å². The average Bonchev–Trinajstić information content (AvgIpc) is 2.35. The van der Waals surface area contributed by atoms with Crippen molar-refractivity contribution in [3.05, 3.63) is 24.5 Å². The first-order chi connectivity index (χ1) is 8.61. The maximum atomic E-state index is 5.86. The lowest BCUT2D eigenvalue weighted by Crippen LogP contribution is -2.28. The first-order valence-electron chi connectivity index (χ1n) is 6.37. The average molecular weight is 244 g/mol. The molecule has 0 spiro atoms. The normalized spacial score (nSPS) is 11.1. The second-order valence-electron chi connectivity index (χ2n) is 4.91. The highest BCUT2D eigenvalue weighted by Crippen LogP contribution is 2.25. The van der Waals surface area contributed by atoms with Crippen LogP contribution in [0, 0.1) is 5.92 Å². The van der Waals surface area contributed by atoms with Crippen molar-refractivity contribution in [2.75, 3.05) is 23.7 Å². The fourth-order valence-corrected chi connectivity index (χ4v) is 2.12. The van der Waals surface area contributed by atoms with Crippen LogP contribution < -0.4 is 10.6 Å². The summed E-state index contributed by atoms with van der Waals surface area (Å²) in [5.74, 6) is 1.57. The van der Waals surface area contributed by atoms with Crippen LogP contribution in [0.4, 0.5) is 11.5 Å². The topological polar surface area (TPSA) is 55.0 Å². The van der Waals surface area contributed by atoms with Gasteiger partial charge in [0.05, 0.1) is 5.52 Å². The molecule has 2 N–H and O–H groups in total. The molecule has 96 valence electrons. The second kappa shape index (κ2) is 5.21. The van der Waals surface area contributed by atoms with Gasteiger partial charge in [-0.05, 0) is 31.0 Å². The van der Waals surface area contributed by atoms with E-state index in [2.05, 4.69) is 35.6 Å². The van der Waals surface area contributed by atoms with Crippen molar-refractivity contribution in [3.8, 4) is 0 Å². The molecule has 0 fully saturated rings. The minimum Gasteiger partial charge on any atom is -0.399 e. The maximum Gasteiger partial charge on any atom is 0.139 e. The molecule has 0 saturated heterocycles. The van der Waals surface area contributed by atoms with Crippen LogP contribution in [0.15, 0.2) is 24.5 Å². The van der Waals surface area contributed by atoms with Crippen LogP contribution in [0.2, 0.25) is 0 Å². The standard InChI is InChI=1S/C14H20N4/c1-4-18(8-10(2)3)14-12-7-11(15)5-6-13(12)16-9-17-14/h5-7,9-10H,4,8,15H2,1-3H3. The number of rotatable bonds is 4. The van der Waals surface area contributed by atoms with Crippen molar-refractivity contribution in [2.45, 2.75) is 20.8 Å². The molecule has 1 aromatic heterocycles. The zero-order chi connectivity index (χ0) is 13.1. The number of anilines is 2. The van der Waals surface area contributed by atoms with Crippen molar-refractivity contribution in [2.24, 2.45) is 5.92 Å². The lowest BCUT2D eigenvalue weighted by molar-refractivity contribution is 0.615. The predicted octanol–water partition coefficient (Wildman–Crippen LogP) is 2.69. The number of nitrogens with zero attached hydrogens (tertiary/aromatic N) is 3. The molecule has 0 aliphatic heterocycles. The minimum absolute atomic E-state index is 0.594. The molecule has 0 unspecified atom stereocenters. The molecule has 1 aromatic carbocycles. The summed E-state index contributed by atoms with van der Waals surface area (Å²) in [6, 6.07) is 5.77. The molecule has 0 bridgehead atoms. The van der Waals surface area contributed by atoms with E-state index in [0.29, 0.717) is 5.92 Å². The van der Waals surface area contributed by atoms with Gasteiger partial charge in [-0.15, -0.1) is 0 Å². The second-order valence-corrected chi connectivity index (χ2v) is 4.91. The van der Waals surface area contributed by atoms with Gasteiger partial charge in [-0.1, -0.05) is 13.8 Å². The molecule has 0 atom stereocenters. The first-order valence-corrected chi connectivity index (χ1v) is 6.37. The summed E-state index contributed by atoms with van der Waals surface area (Å²) >= 11 is 0. The molecule has 2 aromatic rings. The molecule has 0 radical (unpaired) electrons. The summed E-state index contributed by atoms with van der Waals surface area (Å²) in [5.41, 5.74) is 7.55. The molecule has 0 saturated carbocycles. The molecule has 0 amide bonds. The summed E-state index contributed by atoms with van der Waals surface area (Å²) in [5, 5.41) is 1.03. The largest absolute Gasteiger partial charge is 0.399 e. The fraction of sp³-hybridized carbons (Fsp3) is 0.429. The Labute approximate surface area is 108 Å². The number of hydrogen-bond donors (Lipinski definition) is 1. The third-order valence-electron chi connectivity index (χ3n) is 2.91. The number of aromatic nitrogens is 2. The molecule has 4 heteroatoms.